The number of nitrogens with two attached hydrogens (primary N) is 1. The highest BCUT2D eigenvalue weighted by atomic mass is 19.1. The number of rotatable bonds is 10. The molecule has 1 aliphatic heterocycles. The fraction of sp³-hybridized carbons (Fsp3) is 0.720. The van der Waals surface area contributed by atoms with Gasteiger partial charge in [-0.05, 0) is 192 Å². The first-order valence-corrected chi connectivity index (χ1v) is 23.2. The third-order valence-corrected chi connectivity index (χ3v) is 18.1. The van der Waals surface area contributed by atoms with Gasteiger partial charge in [0.2, 0.25) is 11.8 Å². The molecule has 10 fully saturated rings. The molecule has 10 aliphatic rings. The molecule has 5 N–H and O–H groups in total. The van der Waals surface area contributed by atoms with Crippen LogP contribution in [0.15, 0.2) is 54.6 Å². The van der Waals surface area contributed by atoms with E-state index in [1.807, 2.05) is 0 Å². The van der Waals surface area contributed by atoms with Crippen molar-refractivity contribution in [2.45, 2.75) is 164 Å². The Labute approximate surface area is 341 Å². The van der Waals surface area contributed by atoms with Gasteiger partial charge in [0.1, 0.15) is 0 Å². The second kappa shape index (κ2) is 13.9. The molecule has 2 aromatic carbocycles. The monoisotopic (exact) mass is 777 g/mol. The van der Waals surface area contributed by atoms with E-state index in [-0.39, 0.29) is 52.2 Å². The maximum atomic E-state index is 15.3. The zero-order chi connectivity index (χ0) is 39.3. The van der Waals surface area contributed by atoms with Crippen molar-refractivity contribution in [3.63, 3.8) is 0 Å². The van der Waals surface area contributed by atoms with Crippen LogP contribution in [0.4, 0.5) is 4.39 Å². The first-order valence-electron chi connectivity index (χ1n) is 23.2. The molecule has 0 aromatic heterocycles. The van der Waals surface area contributed by atoms with Crippen LogP contribution in [0.1, 0.15) is 152 Å². The summed E-state index contributed by atoms with van der Waals surface area (Å²) >= 11 is 0. The molecule has 2 amide bonds. The van der Waals surface area contributed by atoms with Gasteiger partial charge in [-0.1, -0.05) is 61.5 Å². The van der Waals surface area contributed by atoms with Crippen molar-refractivity contribution in [1.82, 2.24) is 16.0 Å². The number of nitrogens with one attached hydrogen (secondary N) is 3. The lowest BCUT2D eigenvalue weighted by atomic mass is 9.35. The molecule has 9 saturated carbocycles. The van der Waals surface area contributed by atoms with Crippen LogP contribution in [0.2, 0.25) is 0 Å². The number of carbonyl (C=O) groups excluding carboxylic acids is 2. The van der Waals surface area contributed by atoms with Gasteiger partial charge < -0.3 is 21.7 Å². The zero-order valence-corrected chi connectivity index (χ0v) is 34.9. The van der Waals surface area contributed by atoms with Gasteiger partial charge in [0, 0.05) is 24.0 Å². The highest BCUT2D eigenvalue weighted by Crippen LogP contribution is 2.75. The van der Waals surface area contributed by atoms with Crippen molar-refractivity contribution in [2.75, 3.05) is 19.8 Å². The van der Waals surface area contributed by atoms with Crippen LogP contribution in [-0.4, -0.2) is 49.7 Å². The Hall–Kier alpha value is -2.77. The Balaban J connectivity index is 0.981. The third kappa shape index (κ3) is 6.36. The van der Waals surface area contributed by atoms with Gasteiger partial charge in [-0.15, -0.1) is 0 Å². The largest absolute Gasteiger partial charge is 0.353 e. The van der Waals surface area contributed by atoms with Crippen LogP contribution in [0.3, 0.4) is 0 Å². The summed E-state index contributed by atoms with van der Waals surface area (Å²) in [6.07, 6.45) is 17.9. The van der Waals surface area contributed by atoms with E-state index in [1.54, 1.807) is 0 Å². The second-order valence-electron chi connectivity index (χ2n) is 22.4. The lowest BCUT2D eigenvalue weighted by Crippen LogP contribution is -2.66. The topological polar surface area (TPSA) is 96.2 Å². The Kier molecular flexibility index (Phi) is 9.37. The van der Waals surface area contributed by atoms with Crippen molar-refractivity contribution in [3.8, 4) is 0 Å². The number of halogens is 1. The van der Waals surface area contributed by atoms with Crippen molar-refractivity contribution < 1.29 is 14.0 Å². The van der Waals surface area contributed by atoms with E-state index in [9.17, 15) is 9.18 Å². The fourth-order valence-electron chi connectivity index (χ4n) is 17.0. The first kappa shape index (κ1) is 38.4. The predicted molar refractivity (Wildman–Crippen MR) is 224 cm³/mol. The summed E-state index contributed by atoms with van der Waals surface area (Å²) in [4.78, 5) is 29.8. The van der Waals surface area contributed by atoms with E-state index >= 15 is 4.79 Å². The Bertz CT molecular complexity index is 1850. The van der Waals surface area contributed by atoms with Crippen LogP contribution in [0.25, 0.3) is 0 Å². The molecule has 6 nitrogen and oxygen atoms in total. The van der Waals surface area contributed by atoms with Crippen LogP contribution in [0, 0.1) is 39.4 Å². The summed E-state index contributed by atoms with van der Waals surface area (Å²) in [6, 6.07) is 21.7. The quantitative estimate of drug-likeness (QED) is 0.194. The molecule has 0 radical (unpaired) electrons. The minimum absolute atomic E-state index is 0.0210. The molecule has 308 valence electrons. The van der Waals surface area contributed by atoms with Crippen LogP contribution >= 0.6 is 0 Å². The molecule has 1 saturated heterocycles. The average molecular weight is 777 g/mol. The molecule has 0 spiro atoms. The van der Waals surface area contributed by atoms with Crippen molar-refractivity contribution in [2.24, 2.45) is 45.1 Å². The maximum absolute atomic E-state index is 15.3. The summed E-state index contributed by atoms with van der Waals surface area (Å²) in [5.41, 5.74) is 9.21. The first-order chi connectivity index (χ1) is 27.4. The summed E-state index contributed by atoms with van der Waals surface area (Å²) in [6.45, 7) is 6.08. The van der Waals surface area contributed by atoms with Crippen LogP contribution in [0.5, 0.6) is 0 Å². The highest BCUT2D eigenvalue weighted by molar-refractivity contribution is 5.86. The third-order valence-electron chi connectivity index (χ3n) is 18.1. The number of benzene rings is 2. The molecule has 12 rings (SSSR count). The maximum Gasteiger partial charge on any atom is 0.227 e. The van der Waals surface area contributed by atoms with Gasteiger partial charge in [-0.25, -0.2) is 0 Å². The van der Waals surface area contributed by atoms with Crippen LogP contribution in [-0.2, 0) is 20.4 Å². The van der Waals surface area contributed by atoms with Crippen molar-refractivity contribution in [1.29, 1.82) is 0 Å². The fourth-order valence-corrected chi connectivity index (χ4v) is 17.0. The van der Waals surface area contributed by atoms with Gasteiger partial charge in [0.05, 0.1) is 17.5 Å². The lowest BCUT2D eigenvalue weighted by Gasteiger charge is -2.69. The molecule has 5 unspecified atom stereocenters. The highest BCUT2D eigenvalue weighted by Gasteiger charge is 2.70. The van der Waals surface area contributed by atoms with E-state index in [0.717, 1.165) is 109 Å². The molecule has 9 aliphatic carbocycles. The minimum atomic E-state index is -0.462. The zero-order valence-electron chi connectivity index (χ0n) is 34.9. The predicted octanol–water partition coefficient (Wildman–Crippen LogP) is 8.77. The molecule has 57 heavy (non-hydrogen) atoms. The minimum Gasteiger partial charge on any atom is -0.353 e. The van der Waals surface area contributed by atoms with E-state index < -0.39 is 10.8 Å². The van der Waals surface area contributed by atoms with Gasteiger partial charge in [-0.3, -0.25) is 14.0 Å². The van der Waals surface area contributed by atoms with Gasteiger partial charge in [0.15, 0.2) is 0 Å². The molecule has 2 aromatic rings. The normalized spacial score (nSPS) is 45.5. The smallest absolute Gasteiger partial charge is 0.227 e. The number of carbonyl (C=O) groups is 2. The lowest BCUT2D eigenvalue weighted by molar-refractivity contribution is -0.168. The molecule has 8 bridgehead atoms. The summed E-state index contributed by atoms with van der Waals surface area (Å²) < 4.78 is 14.5. The SMILES string of the molecule is C[C@@H]1C[C@@H](NC(=O)C23CC4C[C@@](CCF)(C2)C[C@](c2ccc(C5C6C[C@@]7(C)CC5(C(=O)NC5CCC(CN)CC5)C[C@@](c5ccccc5)(C6)C7)cc2)(C4)C3)CCN1. The molecular weight excluding hydrogens is 708 g/mol. The Morgan fingerprint density at radius 2 is 1.51 bits per heavy atom. The number of hydrogen-bond donors (Lipinski definition) is 4. The number of hydrogen-bond acceptors (Lipinski definition) is 4. The van der Waals surface area contributed by atoms with E-state index in [4.69, 9.17) is 5.73 Å². The summed E-state index contributed by atoms with van der Waals surface area (Å²) in [5.74, 6) is 2.19. The van der Waals surface area contributed by atoms with E-state index in [1.165, 1.54) is 29.5 Å². The number of piperidine rings is 1. The van der Waals surface area contributed by atoms with Gasteiger partial charge in [0.25, 0.3) is 0 Å². The second-order valence-corrected chi connectivity index (χ2v) is 22.4. The van der Waals surface area contributed by atoms with Crippen LogP contribution < -0.4 is 21.7 Å². The number of alkyl halides is 1. The summed E-state index contributed by atoms with van der Waals surface area (Å²) in [5, 5.41) is 10.8. The molecule has 7 heteroatoms. The van der Waals surface area contributed by atoms with Gasteiger partial charge >= 0.3 is 0 Å². The van der Waals surface area contributed by atoms with E-state index in [0.29, 0.717) is 36.1 Å². The summed E-state index contributed by atoms with van der Waals surface area (Å²) in [7, 11) is 0. The van der Waals surface area contributed by atoms with Crippen molar-refractivity contribution >= 4 is 11.8 Å². The molecular formula is C50H69FN4O2. The van der Waals surface area contributed by atoms with E-state index in [2.05, 4.69) is 84.4 Å². The standard InChI is InChI=1S/C50H69FN4O2/c1-33-20-41(16-19-53-33)55-43(56)49-23-35-21-46(30-49,17-18-51)29-47(22-35,31-49)39-12-10-36(11-13-39)42-37-24-45(2)27-48(25-37,38-6-4-3-5-7-38)32-50(42,28-45)44(57)54-40-14-8-34(26-52)9-15-40/h3-7,10-13,33-35,37,40-42,53H,8-9,14-32,52H2,1-2H3,(H,54,57)(H,55,56)/t33-,34?,35?,37?,40?,41+,42?,45-,46-,47-,48-,49?,50?/m1/s1. The molecule has 11 atom stereocenters. The van der Waals surface area contributed by atoms with Gasteiger partial charge in [-0.2, -0.15) is 0 Å². The molecule has 1 heterocycles. The Morgan fingerprint density at radius 3 is 2.25 bits per heavy atom. The van der Waals surface area contributed by atoms with Crippen molar-refractivity contribution in [3.05, 3.63) is 71.3 Å². The Morgan fingerprint density at radius 1 is 0.772 bits per heavy atom. The number of amides is 2. The average Bonchev–Trinajstić information content (AvgIpc) is 3.17.